The highest BCUT2D eigenvalue weighted by atomic mass is 16.4. The summed E-state index contributed by atoms with van der Waals surface area (Å²) >= 11 is 0. The van der Waals surface area contributed by atoms with Gasteiger partial charge in [0.05, 0.1) is 5.92 Å². The van der Waals surface area contributed by atoms with Crippen LogP contribution in [0.4, 0.5) is 4.79 Å². The Morgan fingerprint density at radius 2 is 2.16 bits per heavy atom. The Morgan fingerprint density at radius 1 is 1.37 bits per heavy atom. The first-order valence-corrected chi connectivity index (χ1v) is 6.61. The number of carboxylic acid groups (broad SMARTS) is 1. The lowest BCUT2D eigenvalue weighted by Gasteiger charge is -2.22. The average Bonchev–Trinajstić information content (AvgIpc) is 2.71. The Balaban J connectivity index is 1.83. The van der Waals surface area contributed by atoms with Crippen LogP contribution in [0.3, 0.4) is 0 Å². The Bertz CT molecular complexity index is 385. The predicted octanol–water partition coefficient (Wildman–Crippen LogP) is -0.229. The van der Waals surface area contributed by atoms with E-state index in [1.54, 1.807) is 0 Å². The molecule has 0 bridgehead atoms. The third-order valence-electron chi connectivity index (χ3n) is 3.66. The summed E-state index contributed by atoms with van der Waals surface area (Å²) in [5.74, 6) is -1.31. The molecular formula is C12H19N3O4. The third-order valence-corrected chi connectivity index (χ3v) is 3.66. The van der Waals surface area contributed by atoms with Crippen molar-refractivity contribution in [1.82, 2.24) is 15.5 Å². The summed E-state index contributed by atoms with van der Waals surface area (Å²) in [5.41, 5.74) is 0. The van der Waals surface area contributed by atoms with Crippen molar-refractivity contribution < 1.29 is 19.5 Å². The first kappa shape index (κ1) is 13.6. The summed E-state index contributed by atoms with van der Waals surface area (Å²) in [5, 5.41) is 14.4. The molecule has 1 aliphatic carbocycles. The second kappa shape index (κ2) is 5.90. The molecule has 1 saturated carbocycles. The largest absolute Gasteiger partial charge is 0.481 e. The quantitative estimate of drug-likeness (QED) is 0.645. The Morgan fingerprint density at radius 3 is 2.84 bits per heavy atom. The zero-order valence-corrected chi connectivity index (χ0v) is 10.7. The average molecular weight is 269 g/mol. The van der Waals surface area contributed by atoms with Crippen LogP contribution in [0.5, 0.6) is 0 Å². The fourth-order valence-electron chi connectivity index (χ4n) is 2.58. The summed E-state index contributed by atoms with van der Waals surface area (Å²) < 4.78 is 0. The predicted molar refractivity (Wildman–Crippen MR) is 66.5 cm³/mol. The minimum absolute atomic E-state index is 0.0703. The van der Waals surface area contributed by atoms with Crippen molar-refractivity contribution >= 4 is 17.9 Å². The molecule has 0 spiro atoms. The third kappa shape index (κ3) is 3.59. The van der Waals surface area contributed by atoms with E-state index in [9.17, 15) is 14.4 Å². The van der Waals surface area contributed by atoms with Crippen LogP contribution in [0.15, 0.2) is 0 Å². The number of rotatable bonds is 2. The molecule has 0 aromatic rings. The van der Waals surface area contributed by atoms with Gasteiger partial charge < -0.3 is 20.6 Å². The van der Waals surface area contributed by atoms with Crippen LogP contribution in [0.2, 0.25) is 0 Å². The van der Waals surface area contributed by atoms with E-state index in [1.165, 1.54) is 4.90 Å². The maximum atomic E-state index is 12.0. The Hall–Kier alpha value is -1.79. The van der Waals surface area contributed by atoms with E-state index >= 15 is 0 Å². The SMILES string of the molecule is O=C1CN(C(=O)N[C@H]2CC[C@@H](C(=O)O)C2)CCCN1. The molecule has 7 heteroatoms. The molecule has 1 heterocycles. The highest BCUT2D eigenvalue weighted by Gasteiger charge is 2.31. The van der Waals surface area contributed by atoms with Gasteiger partial charge in [-0.3, -0.25) is 9.59 Å². The first-order valence-electron chi connectivity index (χ1n) is 6.61. The van der Waals surface area contributed by atoms with E-state index in [2.05, 4.69) is 10.6 Å². The standard InChI is InChI=1S/C12H19N3O4/c16-10-7-15(5-1-4-13-10)12(19)14-9-3-2-8(6-9)11(17)18/h8-9H,1-7H2,(H,13,16)(H,14,19)(H,17,18)/t8-,9+/m1/s1. The molecule has 7 nitrogen and oxygen atoms in total. The second-order valence-electron chi connectivity index (χ2n) is 5.12. The zero-order chi connectivity index (χ0) is 13.8. The van der Waals surface area contributed by atoms with Gasteiger partial charge in [-0.15, -0.1) is 0 Å². The van der Waals surface area contributed by atoms with E-state index < -0.39 is 5.97 Å². The maximum absolute atomic E-state index is 12.0. The lowest BCUT2D eigenvalue weighted by Crippen LogP contribution is -2.46. The molecule has 2 rings (SSSR count). The van der Waals surface area contributed by atoms with Crippen LogP contribution < -0.4 is 10.6 Å². The fourth-order valence-corrected chi connectivity index (χ4v) is 2.58. The van der Waals surface area contributed by atoms with Crippen LogP contribution in [0.1, 0.15) is 25.7 Å². The summed E-state index contributed by atoms with van der Waals surface area (Å²) in [6.45, 7) is 1.20. The van der Waals surface area contributed by atoms with Gasteiger partial charge in [0.15, 0.2) is 0 Å². The molecule has 0 aromatic carbocycles. The molecular weight excluding hydrogens is 250 g/mol. The number of nitrogens with zero attached hydrogens (tertiary/aromatic N) is 1. The highest BCUT2D eigenvalue weighted by molar-refractivity contribution is 5.84. The molecule has 106 valence electrons. The maximum Gasteiger partial charge on any atom is 0.318 e. The summed E-state index contributed by atoms with van der Waals surface area (Å²) in [4.78, 5) is 35.7. The number of aliphatic carboxylic acids is 1. The van der Waals surface area contributed by atoms with Crippen molar-refractivity contribution in [2.24, 2.45) is 5.92 Å². The molecule has 2 aliphatic rings. The molecule has 3 amide bonds. The number of amides is 3. The van der Waals surface area contributed by atoms with Gasteiger partial charge in [0.1, 0.15) is 6.54 Å². The van der Waals surface area contributed by atoms with Crippen molar-refractivity contribution in [2.75, 3.05) is 19.6 Å². The normalized spacial score (nSPS) is 27.6. The molecule has 2 atom stereocenters. The number of carbonyl (C=O) groups excluding carboxylic acids is 2. The van der Waals surface area contributed by atoms with Crippen molar-refractivity contribution in [3.63, 3.8) is 0 Å². The molecule has 19 heavy (non-hydrogen) atoms. The van der Waals surface area contributed by atoms with E-state index in [1.807, 2.05) is 0 Å². The molecule has 3 N–H and O–H groups in total. The van der Waals surface area contributed by atoms with Crippen LogP contribution >= 0.6 is 0 Å². The number of nitrogens with one attached hydrogen (secondary N) is 2. The summed E-state index contributed by atoms with van der Waals surface area (Å²) in [6.07, 6.45) is 2.49. The Kier molecular flexibility index (Phi) is 4.24. The van der Waals surface area contributed by atoms with Crippen molar-refractivity contribution in [3.8, 4) is 0 Å². The van der Waals surface area contributed by atoms with Crippen LogP contribution in [-0.4, -0.2) is 53.6 Å². The van der Waals surface area contributed by atoms with Crippen molar-refractivity contribution in [2.45, 2.75) is 31.7 Å². The van der Waals surface area contributed by atoms with Gasteiger partial charge in [0.2, 0.25) is 5.91 Å². The second-order valence-corrected chi connectivity index (χ2v) is 5.12. The molecule has 1 aliphatic heterocycles. The highest BCUT2D eigenvalue weighted by Crippen LogP contribution is 2.25. The minimum Gasteiger partial charge on any atom is -0.481 e. The lowest BCUT2D eigenvalue weighted by atomic mass is 10.1. The fraction of sp³-hybridized carbons (Fsp3) is 0.750. The number of carboxylic acids is 1. The minimum atomic E-state index is -0.800. The van der Waals surface area contributed by atoms with Crippen LogP contribution in [0.25, 0.3) is 0 Å². The van der Waals surface area contributed by atoms with E-state index in [0.717, 1.165) is 6.42 Å². The number of hydrogen-bond donors (Lipinski definition) is 3. The smallest absolute Gasteiger partial charge is 0.318 e. The van der Waals surface area contributed by atoms with E-state index in [0.29, 0.717) is 32.4 Å². The molecule has 0 aromatic heterocycles. The number of hydrogen-bond acceptors (Lipinski definition) is 3. The summed E-state index contributed by atoms with van der Waals surface area (Å²) in [6, 6.07) is -0.368. The first-order chi connectivity index (χ1) is 9.06. The van der Waals surface area contributed by atoms with Gasteiger partial charge >= 0.3 is 12.0 Å². The topological polar surface area (TPSA) is 98.7 Å². The zero-order valence-electron chi connectivity index (χ0n) is 10.7. The van der Waals surface area contributed by atoms with Crippen LogP contribution in [-0.2, 0) is 9.59 Å². The van der Waals surface area contributed by atoms with Gasteiger partial charge in [0.25, 0.3) is 0 Å². The van der Waals surface area contributed by atoms with Gasteiger partial charge in [0, 0.05) is 19.1 Å². The monoisotopic (exact) mass is 269 g/mol. The lowest BCUT2D eigenvalue weighted by molar-refractivity contribution is -0.141. The molecule has 0 radical (unpaired) electrons. The van der Waals surface area contributed by atoms with Crippen molar-refractivity contribution in [1.29, 1.82) is 0 Å². The van der Waals surface area contributed by atoms with Crippen molar-refractivity contribution in [3.05, 3.63) is 0 Å². The van der Waals surface area contributed by atoms with Gasteiger partial charge in [-0.1, -0.05) is 0 Å². The Labute approximate surface area is 111 Å². The number of carbonyl (C=O) groups is 3. The molecule has 0 unspecified atom stereocenters. The summed E-state index contributed by atoms with van der Waals surface area (Å²) in [7, 11) is 0. The van der Waals surface area contributed by atoms with Gasteiger partial charge in [-0.25, -0.2) is 4.79 Å². The molecule has 2 fully saturated rings. The van der Waals surface area contributed by atoms with Gasteiger partial charge in [-0.2, -0.15) is 0 Å². The van der Waals surface area contributed by atoms with Crippen LogP contribution in [0, 0.1) is 5.92 Å². The van der Waals surface area contributed by atoms with Gasteiger partial charge in [-0.05, 0) is 25.7 Å². The van der Waals surface area contributed by atoms with E-state index in [-0.39, 0.29) is 30.4 Å². The van der Waals surface area contributed by atoms with E-state index in [4.69, 9.17) is 5.11 Å². The number of urea groups is 1. The molecule has 1 saturated heterocycles.